The van der Waals surface area contributed by atoms with Crippen LogP contribution in [-0.4, -0.2) is 17.6 Å². The second-order valence-corrected chi connectivity index (χ2v) is 6.40. The zero-order valence-corrected chi connectivity index (χ0v) is 13.3. The maximum absolute atomic E-state index is 12.1. The van der Waals surface area contributed by atoms with Crippen LogP contribution in [0.25, 0.3) is 0 Å². The molecule has 22 heavy (non-hydrogen) atoms. The van der Waals surface area contributed by atoms with Crippen molar-refractivity contribution < 1.29 is 14.3 Å². The third-order valence-electron chi connectivity index (χ3n) is 3.59. The van der Waals surface area contributed by atoms with Crippen LogP contribution in [0.2, 0.25) is 0 Å². The van der Waals surface area contributed by atoms with E-state index in [9.17, 15) is 9.90 Å². The fourth-order valence-corrected chi connectivity index (χ4v) is 2.17. The average Bonchev–Trinajstić information content (AvgIpc) is 3.00. The Hall–Kier alpha value is -2.07. The van der Waals surface area contributed by atoms with Crippen LogP contribution >= 0.6 is 0 Å². The molecule has 0 unspecified atom stereocenters. The monoisotopic (exact) mass is 301 g/mol. The molecule has 1 amide bonds. The molecular formula is C18H23NO3. The van der Waals surface area contributed by atoms with E-state index in [0.29, 0.717) is 24.3 Å². The van der Waals surface area contributed by atoms with Crippen molar-refractivity contribution in [2.45, 2.75) is 38.7 Å². The predicted octanol–water partition coefficient (Wildman–Crippen LogP) is 3.43. The molecule has 0 saturated heterocycles. The van der Waals surface area contributed by atoms with E-state index in [1.165, 1.54) is 11.8 Å². The van der Waals surface area contributed by atoms with E-state index in [4.69, 9.17) is 4.42 Å². The highest BCUT2D eigenvalue weighted by Gasteiger charge is 2.15. The molecule has 0 radical (unpaired) electrons. The van der Waals surface area contributed by atoms with Gasteiger partial charge >= 0.3 is 0 Å². The highest BCUT2D eigenvalue weighted by molar-refractivity contribution is 5.94. The number of benzene rings is 1. The predicted molar refractivity (Wildman–Crippen MR) is 85.8 cm³/mol. The molecular weight excluding hydrogens is 278 g/mol. The van der Waals surface area contributed by atoms with E-state index < -0.39 is 6.10 Å². The number of hydrogen-bond donors (Lipinski definition) is 2. The average molecular weight is 301 g/mol. The molecule has 2 N–H and O–H groups in total. The number of hydrogen-bond acceptors (Lipinski definition) is 3. The molecule has 118 valence electrons. The van der Waals surface area contributed by atoms with Crippen LogP contribution in [0.1, 0.15) is 55.0 Å². The molecule has 0 fully saturated rings. The molecule has 1 aromatic carbocycles. The van der Waals surface area contributed by atoms with Crippen molar-refractivity contribution in [2.75, 3.05) is 6.54 Å². The Morgan fingerprint density at radius 2 is 1.91 bits per heavy atom. The molecule has 0 aliphatic carbocycles. The molecule has 0 bridgehead atoms. The van der Waals surface area contributed by atoms with E-state index in [-0.39, 0.29) is 11.3 Å². The van der Waals surface area contributed by atoms with Gasteiger partial charge in [0.05, 0.1) is 6.26 Å². The summed E-state index contributed by atoms with van der Waals surface area (Å²) in [4.78, 5) is 12.1. The zero-order chi connectivity index (χ0) is 16.2. The molecule has 0 spiro atoms. The van der Waals surface area contributed by atoms with E-state index >= 15 is 0 Å². The van der Waals surface area contributed by atoms with Gasteiger partial charge < -0.3 is 14.8 Å². The Kier molecular flexibility index (Phi) is 5.03. The van der Waals surface area contributed by atoms with Crippen LogP contribution in [0.5, 0.6) is 0 Å². The summed E-state index contributed by atoms with van der Waals surface area (Å²) in [5.41, 5.74) is 1.89. The number of rotatable bonds is 5. The summed E-state index contributed by atoms with van der Waals surface area (Å²) in [6, 6.07) is 11.1. The minimum atomic E-state index is -0.696. The van der Waals surface area contributed by atoms with Gasteiger partial charge in [-0.1, -0.05) is 32.9 Å². The van der Waals surface area contributed by atoms with Crippen molar-refractivity contribution in [3.05, 3.63) is 59.5 Å². The first-order valence-corrected chi connectivity index (χ1v) is 7.48. The summed E-state index contributed by atoms with van der Waals surface area (Å²) in [5.74, 6) is 0.385. The van der Waals surface area contributed by atoms with Crippen molar-refractivity contribution >= 4 is 5.91 Å². The lowest BCUT2D eigenvalue weighted by molar-refractivity contribution is 0.0936. The van der Waals surface area contributed by atoms with Crippen molar-refractivity contribution in [2.24, 2.45) is 0 Å². The standard InChI is InChI=1S/C18H23NO3/c1-18(2,3)14-8-6-13(7-9-14)17(21)19-11-10-15(20)16-5-4-12-22-16/h4-9,12,15,20H,10-11H2,1-3H3,(H,19,21)/t15-/m0/s1. The second-order valence-electron chi connectivity index (χ2n) is 6.40. The maximum atomic E-state index is 12.1. The van der Waals surface area contributed by atoms with E-state index in [1.54, 1.807) is 12.1 Å². The largest absolute Gasteiger partial charge is 0.467 e. The first kappa shape index (κ1) is 16.3. The van der Waals surface area contributed by atoms with Crippen molar-refractivity contribution in [1.82, 2.24) is 5.32 Å². The fourth-order valence-electron chi connectivity index (χ4n) is 2.17. The summed E-state index contributed by atoms with van der Waals surface area (Å²) >= 11 is 0. The summed E-state index contributed by atoms with van der Waals surface area (Å²) in [5, 5.41) is 12.7. The topological polar surface area (TPSA) is 62.5 Å². The van der Waals surface area contributed by atoms with E-state index in [2.05, 4.69) is 26.1 Å². The Balaban J connectivity index is 1.85. The first-order chi connectivity index (χ1) is 10.4. The van der Waals surface area contributed by atoms with Crippen LogP contribution in [0.4, 0.5) is 0 Å². The van der Waals surface area contributed by atoms with Gasteiger partial charge in [0.1, 0.15) is 11.9 Å². The van der Waals surface area contributed by atoms with E-state index in [0.717, 1.165) is 0 Å². The molecule has 0 saturated carbocycles. The molecule has 4 nitrogen and oxygen atoms in total. The molecule has 0 aliphatic heterocycles. The number of nitrogens with one attached hydrogen (secondary N) is 1. The van der Waals surface area contributed by atoms with Crippen LogP contribution < -0.4 is 5.32 Å². The van der Waals surface area contributed by atoms with Gasteiger partial charge in [-0.3, -0.25) is 4.79 Å². The summed E-state index contributed by atoms with van der Waals surface area (Å²) in [6.07, 6.45) is 1.24. The van der Waals surface area contributed by atoms with Crippen LogP contribution in [-0.2, 0) is 5.41 Å². The lowest BCUT2D eigenvalue weighted by Crippen LogP contribution is -2.25. The van der Waals surface area contributed by atoms with Crippen LogP contribution in [0.3, 0.4) is 0 Å². The number of aliphatic hydroxyl groups excluding tert-OH is 1. The van der Waals surface area contributed by atoms with Gasteiger partial charge in [0.15, 0.2) is 0 Å². The van der Waals surface area contributed by atoms with E-state index in [1.807, 2.05) is 24.3 Å². The number of carbonyl (C=O) groups excluding carboxylic acids is 1. The van der Waals surface area contributed by atoms with Gasteiger partial charge in [-0.25, -0.2) is 0 Å². The molecule has 2 rings (SSSR count). The summed E-state index contributed by atoms with van der Waals surface area (Å²) in [6.45, 7) is 6.80. The maximum Gasteiger partial charge on any atom is 0.251 e. The quantitative estimate of drug-likeness (QED) is 0.889. The number of furan rings is 1. The van der Waals surface area contributed by atoms with Gasteiger partial charge in [-0.15, -0.1) is 0 Å². The Bertz CT molecular complexity index is 594. The molecule has 4 heteroatoms. The molecule has 1 heterocycles. The second kappa shape index (κ2) is 6.79. The van der Waals surface area contributed by atoms with Gasteiger partial charge in [0.2, 0.25) is 0 Å². The molecule has 1 atom stereocenters. The minimum Gasteiger partial charge on any atom is -0.467 e. The summed E-state index contributed by atoms with van der Waals surface area (Å²) < 4.78 is 5.12. The number of carbonyl (C=O) groups is 1. The number of aliphatic hydroxyl groups is 1. The molecule has 0 aliphatic rings. The lowest BCUT2D eigenvalue weighted by atomic mass is 9.87. The molecule has 1 aromatic heterocycles. The SMILES string of the molecule is CC(C)(C)c1ccc(C(=O)NCC[C@H](O)c2ccco2)cc1. The smallest absolute Gasteiger partial charge is 0.251 e. The van der Waals surface area contributed by atoms with Gasteiger partial charge in [-0.05, 0) is 41.7 Å². The third kappa shape index (κ3) is 4.21. The van der Waals surface area contributed by atoms with Gasteiger partial charge in [-0.2, -0.15) is 0 Å². The first-order valence-electron chi connectivity index (χ1n) is 7.48. The lowest BCUT2D eigenvalue weighted by Gasteiger charge is -2.19. The Morgan fingerprint density at radius 3 is 2.45 bits per heavy atom. The van der Waals surface area contributed by atoms with Crippen molar-refractivity contribution in [3.8, 4) is 0 Å². The minimum absolute atomic E-state index is 0.0716. The highest BCUT2D eigenvalue weighted by Crippen LogP contribution is 2.22. The summed E-state index contributed by atoms with van der Waals surface area (Å²) in [7, 11) is 0. The Labute approximate surface area is 131 Å². The Morgan fingerprint density at radius 1 is 1.23 bits per heavy atom. The van der Waals surface area contributed by atoms with Gasteiger partial charge in [0.25, 0.3) is 5.91 Å². The fraction of sp³-hybridized carbons (Fsp3) is 0.389. The number of amides is 1. The zero-order valence-electron chi connectivity index (χ0n) is 13.3. The molecule has 2 aromatic rings. The van der Waals surface area contributed by atoms with Crippen LogP contribution in [0.15, 0.2) is 47.1 Å². The van der Waals surface area contributed by atoms with Gasteiger partial charge in [0, 0.05) is 12.1 Å². The van der Waals surface area contributed by atoms with Crippen molar-refractivity contribution in [3.63, 3.8) is 0 Å². The third-order valence-corrected chi connectivity index (χ3v) is 3.59. The van der Waals surface area contributed by atoms with Crippen LogP contribution in [0, 0.1) is 0 Å². The normalized spacial score (nSPS) is 12.9. The van der Waals surface area contributed by atoms with Crippen molar-refractivity contribution in [1.29, 1.82) is 0 Å². The highest BCUT2D eigenvalue weighted by atomic mass is 16.4.